The molecular weight excluding hydrogens is 492 g/mol. The van der Waals surface area contributed by atoms with Crippen molar-refractivity contribution >= 4 is 23.9 Å². The molecule has 3 aromatic rings. The van der Waals surface area contributed by atoms with Crippen molar-refractivity contribution in [3.8, 4) is 0 Å². The Kier molecular flexibility index (Phi) is 8.50. The maximum Gasteiger partial charge on any atom is 0.343 e. The number of carbonyl (C=O) groups is 4. The minimum atomic E-state index is -1.41. The molecule has 0 spiro atoms. The molecule has 0 bridgehead atoms. The molecule has 0 radical (unpaired) electrons. The molecule has 0 aliphatic carbocycles. The van der Waals surface area contributed by atoms with Gasteiger partial charge in [0, 0.05) is 6.92 Å². The van der Waals surface area contributed by atoms with E-state index in [9.17, 15) is 19.2 Å². The number of benzene rings is 3. The van der Waals surface area contributed by atoms with Crippen molar-refractivity contribution in [3.05, 3.63) is 120 Å². The molecule has 0 saturated heterocycles. The lowest BCUT2D eigenvalue weighted by Crippen LogP contribution is -2.50. The van der Waals surface area contributed by atoms with Gasteiger partial charge in [0.05, 0.1) is 16.7 Å². The van der Waals surface area contributed by atoms with Crippen LogP contribution in [-0.4, -0.2) is 48.8 Å². The number of esters is 4. The van der Waals surface area contributed by atoms with Crippen LogP contribution < -0.4 is 0 Å². The molecule has 9 heteroatoms. The lowest BCUT2D eigenvalue weighted by atomic mass is 10.0. The largest absolute Gasteiger partial charge is 0.487 e. The second-order valence-electron chi connectivity index (χ2n) is 8.18. The number of carbonyl (C=O) groups excluding carboxylic acids is 4. The highest BCUT2D eigenvalue weighted by atomic mass is 16.6. The van der Waals surface area contributed by atoms with Crippen LogP contribution in [-0.2, 0) is 28.5 Å². The van der Waals surface area contributed by atoms with E-state index in [1.54, 1.807) is 91.0 Å². The van der Waals surface area contributed by atoms with E-state index in [1.165, 1.54) is 6.92 Å². The fourth-order valence-corrected chi connectivity index (χ4v) is 3.60. The van der Waals surface area contributed by atoms with Crippen LogP contribution >= 0.6 is 0 Å². The molecule has 0 fully saturated rings. The fraction of sp³-hybridized carbons (Fsp3) is 0.172. The van der Waals surface area contributed by atoms with E-state index in [2.05, 4.69) is 0 Å². The number of rotatable bonds is 8. The van der Waals surface area contributed by atoms with Gasteiger partial charge in [0.25, 0.3) is 0 Å². The molecule has 0 amide bonds. The third kappa shape index (κ3) is 6.64. The smallest absolute Gasteiger partial charge is 0.343 e. The van der Waals surface area contributed by atoms with Crippen LogP contribution in [0.4, 0.5) is 0 Å². The summed E-state index contributed by atoms with van der Waals surface area (Å²) in [6.45, 7) is 0.890. The van der Waals surface area contributed by atoms with E-state index in [-0.39, 0.29) is 29.1 Å². The molecule has 0 saturated carbocycles. The van der Waals surface area contributed by atoms with Crippen molar-refractivity contribution in [2.24, 2.45) is 0 Å². The van der Waals surface area contributed by atoms with Crippen LogP contribution in [0.2, 0.25) is 0 Å². The topological polar surface area (TPSA) is 114 Å². The Hall–Kier alpha value is -4.92. The van der Waals surface area contributed by atoms with Gasteiger partial charge in [-0.3, -0.25) is 4.79 Å². The monoisotopic (exact) mass is 516 g/mol. The Morgan fingerprint density at radius 1 is 0.684 bits per heavy atom. The third-order valence-electron chi connectivity index (χ3n) is 5.47. The summed E-state index contributed by atoms with van der Waals surface area (Å²) in [7, 11) is 0. The molecule has 1 aliphatic rings. The highest BCUT2D eigenvalue weighted by Crippen LogP contribution is 2.29. The summed E-state index contributed by atoms with van der Waals surface area (Å²) in [5, 5.41) is 0. The summed E-state index contributed by atoms with van der Waals surface area (Å²) in [5.74, 6) is -3.04. The molecule has 1 heterocycles. The summed E-state index contributed by atoms with van der Waals surface area (Å²) in [6.07, 6.45) is -2.72. The van der Waals surface area contributed by atoms with Gasteiger partial charge in [-0.15, -0.1) is 0 Å². The number of ether oxygens (including phenoxy) is 5. The van der Waals surface area contributed by atoms with Crippen LogP contribution in [0, 0.1) is 0 Å². The first kappa shape index (κ1) is 26.2. The highest BCUT2D eigenvalue weighted by Gasteiger charge is 2.45. The predicted molar refractivity (Wildman–Crippen MR) is 133 cm³/mol. The van der Waals surface area contributed by atoms with Gasteiger partial charge >= 0.3 is 23.9 Å². The minimum absolute atomic E-state index is 0.201. The summed E-state index contributed by atoms with van der Waals surface area (Å²) >= 11 is 0. The zero-order chi connectivity index (χ0) is 26.9. The minimum Gasteiger partial charge on any atom is -0.487 e. The molecule has 0 unspecified atom stereocenters. The maximum absolute atomic E-state index is 13.0. The Balaban J connectivity index is 1.67. The van der Waals surface area contributed by atoms with Crippen LogP contribution in [0.1, 0.15) is 38.0 Å². The van der Waals surface area contributed by atoms with Gasteiger partial charge in [-0.1, -0.05) is 54.6 Å². The average molecular weight is 517 g/mol. The molecule has 9 nitrogen and oxygen atoms in total. The van der Waals surface area contributed by atoms with Crippen molar-refractivity contribution in [1.29, 1.82) is 0 Å². The summed E-state index contributed by atoms with van der Waals surface area (Å²) in [6, 6.07) is 24.4. The first-order valence-corrected chi connectivity index (χ1v) is 11.7. The standard InChI is InChI=1S/C29H24O9/c1-19(30)34-17-23-25(37-28(32)21-13-7-3-8-14-21)26(38-29(33)22-15-9-4-10-16-22)24(18-35-23)36-27(31)20-11-5-2-6-12-20/h2-16,18,23,25-26H,17H2,1H3/t23-,25-,26-/m1/s1. The molecule has 3 atom stereocenters. The van der Waals surface area contributed by atoms with E-state index < -0.39 is 42.2 Å². The van der Waals surface area contributed by atoms with Crippen LogP contribution in [0.3, 0.4) is 0 Å². The van der Waals surface area contributed by atoms with Crippen molar-refractivity contribution in [3.63, 3.8) is 0 Å². The second kappa shape index (κ2) is 12.4. The van der Waals surface area contributed by atoms with Crippen LogP contribution in [0.5, 0.6) is 0 Å². The van der Waals surface area contributed by atoms with E-state index >= 15 is 0 Å². The Labute approximate surface area is 218 Å². The number of hydrogen-bond acceptors (Lipinski definition) is 9. The average Bonchev–Trinajstić information content (AvgIpc) is 2.95. The summed E-state index contributed by atoms with van der Waals surface area (Å²) < 4.78 is 27.7. The molecule has 0 aromatic heterocycles. The number of hydrogen-bond donors (Lipinski definition) is 0. The zero-order valence-corrected chi connectivity index (χ0v) is 20.4. The Bertz CT molecular complexity index is 1300. The molecule has 3 aromatic carbocycles. The molecule has 194 valence electrons. The van der Waals surface area contributed by atoms with Crippen molar-refractivity contribution in [2.75, 3.05) is 6.61 Å². The van der Waals surface area contributed by atoms with Gasteiger partial charge in [-0.25, -0.2) is 14.4 Å². The summed E-state index contributed by atoms with van der Waals surface area (Å²) in [5.41, 5.74) is 0.683. The van der Waals surface area contributed by atoms with Crippen molar-refractivity contribution in [2.45, 2.75) is 25.2 Å². The van der Waals surface area contributed by atoms with Gasteiger partial charge in [0.15, 0.2) is 18.0 Å². The molecule has 38 heavy (non-hydrogen) atoms. The van der Waals surface area contributed by atoms with Gasteiger partial charge in [0.2, 0.25) is 6.10 Å². The molecule has 4 rings (SSSR count). The van der Waals surface area contributed by atoms with Crippen molar-refractivity contribution in [1.82, 2.24) is 0 Å². The quantitative estimate of drug-likeness (QED) is 0.322. The van der Waals surface area contributed by atoms with E-state index in [0.717, 1.165) is 6.26 Å². The molecule has 0 N–H and O–H groups in total. The second-order valence-corrected chi connectivity index (χ2v) is 8.18. The first-order chi connectivity index (χ1) is 18.4. The molecule has 1 aliphatic heterocycles. The first-order valence-electron chi connectivity index (χ1n) is 11.7. The van der Waals surface area contributed by atoms with Gasteiger partial charge in [-0.2, -0.15) is 0 Å². The zero-order valence-electron chi connectivity index (χ0n) is 20.4. The van der Waals surface area contributed by atoms with Crippen molar-refractivity contribution < 1.29 is 42.9 Å². The lowest BCUT2D eigenvalue weighted by molar-refractivity contribution is -0.153. The predicted octanol–water partition coefficient (Wildman–Crippen LogP) is 4.10. The lowest BCUT2D eigenvalue weighted by Gasteiger charge is -2.35. The van der Waals surface area contributed by atoms with Gasteiger partial charge in [-0.05, 0) is 36.4 Å². The maximum atomic E-state index is 13.0. The summed E-state index contributed by atoms with van der Waals surface area (Å²) in [4.78, 5) is 50.3. The normalized spacial score (nSPS) is 18.2. The SMILES string of the molecule is CC(=O)OC[C@H]1OC=C(OC(=O)c2ccccc2)[C@@H](OC(=O)c2ccccc2)[C@@H]1OC(=O)c1ccccc1. The Morgan fingerprint density at radius 3 is 1.66 bits per heavy atom. The highest BCUT2D eigenvalue weighted by molar-refractivity contribution is 5.91. The van der Waals surface area contributed by atoms with Gasteiger partial charge < -0.3 is 23.7 Å². The third-order valence-corrected chi connectivity index (χ3v) is 5.47. The van der Waals surface area contributed by atoms with Crippen LogP contribution in [0.15, 0.2) is 103 Å². The fourth-order valence-electron chi connectivity index (χ4n) is 3.60. The van der Waals surface area contributed by atoms with E-state index in [0.29, 0.717) is 0 Å². The Morgan fingerprint density at radius 2 is 1.16 bits per heavy atom. The van der Waals surface area contributed by atoms with Gasteiger partial charge in [0.1, 0.15) is 12.9 Å². The molecular formula is C29H24O9. The van der Waals surface area contributed by atoms with E-state index in [1.807, 2.05) is 0 Å². The van der Waals surface area contributed by atoms with E-state index in [4.69, 9.17) is 23.7 Å². The van der Waals surface area contributed by atoms with Crippen LogP contribution in [0.25, 0.3) is 0 Å².